The Morgan fingerprint density at radius 2 is 1.28 bits per heavy atom. The van der Waals surface area contributed by atoms with Crippen molar-refractivity contribution in [1.29, 1.82) is 0 Å². The largest absolute Gasteiger partial charge is 0.503 e. The summed E-state index contributed by atoms with van der Waals surface area (Å²) in [4.78, 5) is 12.6. The third-order valence-corrected chi connectivity index (χ3v) is 2.46. The number of hydrogen-bond donors (Lipinski definition) is 2. The average Bonchev–Trinajstić information content (AvgIpc) is 2.43. The van der Waals surface area contributed by atoms with Gasteiger partial charge in [-0.3, -0.25) is 4.79 Å². The van der Waals surface area contributed by atoms with Crippen molar-refractivity contribution in [1.82, 2.24) is 4.98 Å². The summed E-state index contributed by atoms with van der Waals surface area (Å²) >= 11 is 0. The molecule has 90 valence electrons. The molecule has 0 saturated carbocycles. The minimum Gasteiger partial charge on any atom is -0.503 e. The first-order valence-corrected chi connectivity index (χ1v) is 5.58. The lowest BCUT2D eigenvalue weighted by Gasteiger charge is -1.92. The molecule has 2 N–H and O–H groups in total. The lowest BCUT2D eigenvalue weighted by Crippen LogP contribution is -2.01. The number of aromatic hydroxyl groups is 1. The molecule has 0 radical (unpaired) electrons. The molecule has 0 aliphatic carbocycles. The molecule has 0 spiro atoms. The lowest BCUT2D eigenvalue weighted by molar-refractivity contribution is 0.466. The Balaban J connectivity index is 0.000000138. The maximum absolute atomic E-state index is 10.3. The van der Waals surface area contributed by atoms with E-state index in [1.807, 2.05) is 0 Å². The fraction of sp³-hybridized carbons (Fsp3) is 0. The molecule has 0 fully saturated rings. The Hall–Kier alpha value is -2.55. The van der Waals surface area contributed by atoms with Gasteiger partial charge in [0, 0.05) is 6.20 Å². The lowest BCUT2D eigenvalue weighted by atomic mass is 10.1. The van der Waals surface area contributed by atoms with Crippen molar-refractivity contribution in [3.8, 4) is 5.75 Å². The zero-order valence-electron chi connectivity index (χ0n) is 9.71. The van der Waals surface area contributed by atoms with Crippen LogP contribution in [0.5, 0.6) is 5.75 Å². The van der Waals surface area contributed by atoms with Gasteiger partial charge in [-0.2, -0.15) is 0 Å². The third-order valence-electron chi connectivity index (χ3n) is 2.46. The third kappa shape index (κ3) is 2.98. The van der Waals surface area contributed by atoms with Gasteiger partial charge in [0.2, 0.25) is 0 Å². The van der Waals surface area contributed by atoms with Crippen LogP contribution in [-0.2, 0) is 0 Å². The van der Waals surface area contributed by atoms with Gasteiger partial charge in [0.1, 0.15) is 0 Å². The number of pyridine rings is 1. The molecule has 0 unspecified atom stereocenters. The predicted octanol–water partition coefficient (Wildman–Crippen LogP) is 2.92. The molecule has 0 amide bonds. The highest BCUT2D eigenvalue weighted by Gasteiger charge is 1.87. The van der Waals surface area contributed by atoms with E-state index >= 15 is 0 Å². The molecular formula is C15H13NO2. The zero-order valence-corrected chi connectivity index (χ0v) is 9.71. The first kappa shape index (κ1) is 11.9. The number of rotatable bonds is 0. The molecule has 3 rings (SSSR count). The number of aromatic nitrogens is 1. The van der Waals surface area contributed by atoms with E-state index < -0.39 is 5.56 Å². The van der Waals surface area contributed by atoms with Gasteiger partial charge in [-0.1, -0.05) is 48.5 Å². The Labute approximate surface area is 104 Å². The van der Waals surface area contributed by atoms with Crippen LogP contribution in [0.25, 0.3) is 10.8 Å². The van der Waals surface area contributed by atoms with Gasteiger partial charge in [0.05, 0.1) is 0 Å². The number of benzene rings is 2. The van der Waals surface area contributed by atoms with Crippen molar-refractivity contribution < 1.29 is 5.11 Å². The van der Waals surface area contributed by atoms with Gasteiger partial charge in [0.25, 0.3) is 5.56 Å². The van der Waals surface area contributed by atoms with E-state index in [2.05, 4.69) is 53.5 Å². The molecule has 0 atom stereocenters. The Kier molecular flexibility index (Phi) is 3.76. The molecule has 0 aliphatic rings. The SMILES string of the molecule is O=c1[nH]cccc1O.c1ccc2ccccc2c1. The van der Waals surface area contributed by atoms with Crippen molar-refractivity contribution in [3.63, 3.8) is 0 Å². The topological polar surface area (TPSA) is 53.1 Å². The van der Waals surface area contributed by atoms with Crippen LogP contribution in [0.2, 0.25) is 0 Å². The van der Waals surface area contributed by atoms with Crippen molar-refractivity contribution in [3.05, 3.63) is 77.2 Å². The quantitative estimate of drug-likeness (QED) is 0.633. The smallest absolute Gasteiger partial charge is 0.290 e. The van der Waals surface area contributed by atoms with Crippen LogP contribution in [0.15, 0.2) is 71.7 Å². The van der Waals surface area contributed by atoms with Crippen LogP contribution in [-0.4, -0.2) is 10.1 Å². The van der Waals surface area contributed by atoms with E-state index in [1.54, 1.807) is 6.07 Å². The number of H-pyrrole nitrogens is 1. The number of hydrogen-bond acceptors (Lipinski definition) is 2. The second kappa shape index (κ2) is 5.68. The Morgan fingerprint density at radius 3 is 1.61 bits per heavy atom. The number of nitrogens with one attached hydrogen (secondary N) is 1. The second-order valence-corrected chi connectivity index (χ2v) is 3.73. The molecule has 1 aromatic heterocycles. The molecule has 3 heteroatoms. The van der Waals surface area contributed by atoms with Crippen LogP contribution in [0.1, 0.15) is 0 Å². The van der Waals surface area contributed by atoms with E-state index in [0.29, 0.717) is 0 Å². The predicted molar refractivity (Wildman–Crippen MR) is 72.7 cm³/mol. The second-order valence-electron chi connectivity index (χ2n) is 3.73. The molecule has 0 aliphatic heterocycles. The van der Waals surface area contributed by atoms with Crippen LogP contribution >= 0.6 is 0 Å². The van der Waals surface area contributed by atoms with E-state index in [1.165, 1.54) is 23.0 Å². The molecule has 2 aromatic carbocycles. The number of aromatic amines is 1. The van der Waals surface area contributed by atoms with Crippen LogP contribution < -0.4 is 5.56 Å². The summed E-state index contributed by atoms with van der Waals surface area (Å²) in [5.74, 6) is -0.243. The first-order valence-electron chi connectivity index (χ1n) is 5.58. The highest BCUT2D eigenvalue weighted by atomic mass is 16.3. The van der Waals surface area contributed by atoms with E-state index in [0.717, 1.165) is 0 Å². The van der Waals surface area contributed by atoms with Crippen LogP contribution in [0.3, 0.4) is 0 Å². The van der Waals surface area contributed by atoms with Crippen molar-refractivity contribution >= 4 is 10.8 Å². The summed E-state index contributed by atoms with van der Waals surface area (Å²) in [5.41, 5.74) is -0.451. The molecule has 1 heterocycles. The molecule has 0 saturated heterocycles. The summed E-state index contributed by atoms with van der Waals surface area (Å²) in [7, 11) is 0. The zero-order chi connectivity index (χ0) is 12.8. The van der Waals surface area contributed by atoms with E-state index in [4.69, 9.17) is 5.11 Å². The van der Waals surface area contributed by atoms with Gasteiger partial charge >= 0.3 is 0 Å². The Bertz CT molecular complexity index is 623. The van der Waals surface area contributed by atoms with Crippen molar-refractivity contribution in [2.45, 2.75) is 0 Å². The summed E-state index contributed by atoms with van der Waals surface area (Å²) < 4.78 is 0. The van der Waals surface area contributed by atoms with Gasteiger partial charge < -0.3 is 10.1 Å². The average molecular weight is 239 g/mol. The standard InChI is InChI=1S/C10H8.C5H5NO2/c1-2-6-10-8-4-3-7-9(10)5-1;7-4-2-1-3-6-5(4)8/h1-8H;1-3,7H,(H,6,8). The minimum absolute atomic E-state index is 0.243. The van der Waals surface area contributed by atoms with Gasteiger partial charge in [-0.15, -0.1) is 0 Å². The fourth-order valence-corrected chi connectivity index (χ4v) is 1.55. The molecule has 18 heavy (non-hydrogen) atoms. The molecular weight excluding hydrogens is 226 g/mol. The van der Waals surface area contributed by atoms with Crippen LogP contribution in [0, 0.1) is 0 Å². The Morgan fingerprint density at radius 1 is 0.778 bits per heavy atom. The summed E-state index contributed by atoms with van der Waals surface area (Å²) in [6.07, 6.45) is 1.46. The van der Waals surface area contributed by atoms with Gasteiger partial charge in [-0.05, 0) is 22.9 Å². The highest BCUT2D eigenvalue weighted by Crippen LogP contribution is 2.11. The molecule has 0 bridgehead atoms. The highest BCUT2D eigenvalue weighted by molar-refractivity contribution is 5.81. The monoisotopic (exact) mass is 239 g/mol. The normalized spacial score (nSPS) is 9.56. The minimum atomic E-state index is -0.451. The van der Waals surface area contributed by atoms with Crippen LogP contribution in [0.4, 0.5) is 0 Å². The maximum atomic E-state index is 10.3. The van der Waals surface area contributed by atoms with Crippen molar-refractivity contribution in [2.24, 2.45) is 0 Å². The molecule has 3 nitrogen and oxygen atoms in total. The first-order chi connectivity index (χ1) is 8.77. The summed E-state index contributed by atoms with van der Waals surface area (Å²) in [5, 5.41) is 11.2. The van der Waals surface area contributed by atoms with E-state index in [-0.39, 0.29) is 5.75 Å². The maximum Gasteiger partial charge on any atom is 0.290 e. The summed E-state index contributed by atoms with van der Waals surface area (Å²) in [6, 6.07) is 19.6. The van der Waals surface area contributed by atoms with Gasteiger partial charge in [-0.25, -0.2) is 0 Å². The fourth-order valence-electron chi connectivity index (χ4n) is 1.55. The van der Waals surface area contributed by atoms with Crippen molar-refractivity contribution in [2.75, 3.05) is 0 Å². The summed E-state index contributed by atoms with van der Waals surface area (Å²) in [6.45, 7) is 0. The molecule has 3 aromatic rings. The van der Waals surface area contributed by atoms with Gasteiger partial charge in [0.15, 0.2) is 5.75 Å². The van der Waals surface area contributed by atoms with E-state index in [9.17, 15) is 4.79 Å². The number of fused-ring (bicyclic) bond motifs is 1.